The SMILES string of the molecule is Cc1ccccc1NS(=O)(=O)c1ccc(NC(=O)CSc2nc3ncccc3o2)cc1. The van der Waals surface area contributed by atoms with Crippen LogP contribution in [0.15, 0.2) is 81.4 Å². The van der Waals surface area contributed by atoms with Crippen LogP contribution in [0.3, 0.4) is 0 Å². The smallest absolute Gasteiger partial charge is 0.261 e. The molecular formula is C21H18N4O4S2. The summed E-state index contributed by atoms with van der Waals surface area (Å²) in [7, 11) is -3.73. The van der Waals surface area contributed by atoms with Crippen LogP contribution in [0.5, 0.6) is 0 Å². The van der Waals surface area contributed by atoms with E-state index >= 15 is 0 Å². The molecule has 2 N–H and O–H groups in total. The normalized spacial score (nSPS) is 11.4. The fourth-order valence-electron chi connectivity index (χ4n) is 2.74. The Morgan fingerprint density at radius 3 is 2.58 bits per heavy atom. The molecule has 10 heteroatoms. The Hall–Kier alpha value is -3.37. The lowest BCUT2D eigenvalue weighted by atomic mass is 10.2. The van der Waals surface area contributed by atoms with Gasteiger partial charge in [0.05, 0.1) is 16.3 Å². The number of pyridine rings is 1. The molecular weight excluding hydrogens is 436 g/mol. The van der Waals surface area contributed by atoms with Crippen LogP contribution in [0.4, 0.5) is 11.4 Å². The number of aryl methyl sites for hydroxylation is 1. The fraction of sp³-hybridized carbons (Fsp3) is 0.0952. The number of nitrogens with one attached hydrogen (secondary N) is 2. The number of fused-ring (bicyclic) bond motifs is 1. The summed E-state index contributed by atoms with van der Waals surface area (Å²) in [6, 6.07) is 16.6. The molecule has 2 aromatic heterocycles. The molecule has 0 unspecified atom stereocenters. The van der Waals surface area contributed by atoms with Gasteiger partial charge in [0.1, 0.15) is 0 Å². The number of benzene rings is 2. The van der Waals surface area contributed by atoms with Gasteiger partial charge in [-0.25, -0.2) is 13.4 Å². The van der Waals surface area contributed by atoms with Crippen LogP contribution in [0.1, 0.15) is 5.56 Å². The largest absolute Gasteiger partial charge is 0.430 e. The van der Waals surface area contributed by atoms with Crippen molar-refractivity contribution in [2.24, 2.45) is 0 Å². The molecule has 31 heavy (non-hydrogen) atoms. The van der Waals surface area contributed by atoms with Crippen molar-refractivity contribution in [3.63, 3.8) is 0 Å². The van der Waals surface area contributed by atoms with Crippen LogP contribution in [-0.2, 0) is 14.8 Å². The van der Waals surface area contributed by atoms with Crippen LogP contribution in [0, 0.1) is 6.92 Å². The standard InChI is InChI=1S/C21H18N4O4S2/c1-14-5-2-3-6-17(14)25-31(27,28)16-10-8-15(9-11-16)23-19(26)13-30-21-24-20-18(29-21)7-4-12-22-20/h2-12,25H,13H2,1H3,(H,23,26). The number of para-hydroxylation sites is 1. The topological polar surface area (TPSA) is 114 Å². The van der Waals surface area contributed by atoms with Crippen LogP contribution in [0.25, 0.3) is 11.2 Å². The molecule has 1 amide bonds. The fourth-order valence-corrected chi connectivity index (χ4v) is 4.50. The molecule has 0 radical (unpaired) electrons. The van der Waals surface area contributed by atoms with Crippen LogP contribution < -0.4 is 10.0 Å². The number of hydrogen-bond acceptors (Lipinski definition) is 7. The summed E-state index contributed by atoms with van der Waals surface area (Å²) in [5.41, 5.74) is 2.87. The average molecular weight is 455 g/mol. The summed E-state index contributed by atoms with van der Waals surface area (Å²) >= 11 is 1.15. The zero-order valence-electron chi connectivity index (χ0n) is 16.4. The van der Waals surface area contributed by atoms with E-state index < -0.39 is 10.0 Å². The van der Waals surface area contributed by atoms with Gasteiger partial charge >= 0.3 is 0 Å². The van der Waals surface area contributed by atoms with Crippen molar-refractivity contribution in [2.75, 3.05) is 15.8 Å². The van der Waals surface area contributed by atoms with E-state index in [1.807, 2.05) is 19.1 Å². The Labute approximate surface area is 183 Å². The molecule has 0 atom stereocenters. The quantitative estimate of drug-likeness (QED) is 0.405. The van der Waals surface area contributed by atoms with Gasteiger partial charge in [0.25, 0.3) is 15.2 Å². The second-order valence-corrected chi connectivity index (χ2v) is 9.20. The minimum absolute atomic E-state index is 0.0850. The van der Waals surface area contributed by atoms with Gasteiger partial charge in [-0.15, -0.1) is 0 Å². The number of sulfonamides is 1. The third-order valence-electron chi connectivity index (χ3n) is 4.31. The van der Waals surface area contributed by atoms with Crippen LogP contribution >= 0.6 is 11.8 Å². The Kier molecular flexibility index (Phi) is 5.92. The summed E-state index contributed by atoms with van der Waals surface area (Å²) < 4.78 is 33.3. The van der Waals surface area contributed by atoms with Crippen molar-refractivity contribution in [3.05, 3.63) is 72.4 Å². The molecule has 4 aromatic rings. The van der Waals surface area contributed by atoms with E-state index in [-0.39, 0.29) is 16.6 Å². The minimum atomic E-state index is -3.73. The highest BCUT2D eigenvalue weighted by Crippen LogP contribution is 2.23. The molecule has 2 heterocycles. The highest BCUT2D eigenvalue weighted by atomic mass is 32.2. The number of thioether (sulfide) groups is 1. The molecule has 4 rings (SSSR count). The van der Waals surface area contributed by atoms with Gasteiger partial charge in [0, 0.05) is 11.9 Å². The Balaban J connectivity index is 1.36. The number of rotatable bonds is 7. The lowest BCUT2D eigenvalue weighted by Gasteiger charge is -2.11. The summed E-state index contributed by atoms with van der Waals surface area (Å²) in [6.07, 6.45) is 1.62. The molecule has 0 aliphatic rings. The zero-order chi connectivity index (χ0) is 21.8. The second-order valence-electron chi connectivity index (χ2n) is 6.59. The molecule has 0 spiro atoms. The van der Waals surface area contributed by atoms with E-state index in [4.69, 9.17) is 4.42 Å². The van der Waals surface area contributed by atoms with Crippen molar-refractivity contribution < 1.29 is 17.6 Å². The lowest BCUT2D eigenvalue weighted by Crippen LogP contribution is -2.15. The predicted molar refractivity (Wildman–Crippen MR) is 120 cm³/mol. The first-order valence-corrected chi connectivity index (χ1v) is 11.7. The second kappa shape index (κ2) is 8.78. The maximum absolute atomic E-state index is 12.6. The van der Waals surface area contributed by atoms with Gasteiger partial charge in [0.15, 0.2) is 11.2 Å². The Morgan fingerprint density at radius 1 is 1.06 bits per heavy atom. The minimum Gasteiger partial charge on any atom is -0.430 e. The molecule has 2 aromatic carbocycles. The number of oxazole rings is 1. The number of aromatic nitrogens is 2. The van der Waals surface area contributed by atoms with Gasteiger partial charge in [-0.05, 0) is 55.0 Å². The van der Waals surface area contributed by atoms with E-state index in [1.165, 1.54) is 12.1 Å². The van der Waals surface area contributed by atoms with Gasteiger partial charge in [0.2, 0.25) is 5.91 Å². The van der Waals surface area contributed by atoms with Gasteiger partial charge in [-0.1, -0.05) is 30.0 Å². The number of anilines is 2. The summed E-state index contributed by atoms with van der Waals surface area (Å²) in [5, 5.41) is 3.08. The van der Waals surface area contributed by atoms with E-state index in [0.717, 1.165) is 17.3 Å². The molecule has 0 saturated carbocycles. The number of carbonyl (C=O) groups is 1. The molecule has 0 aliphatic carbocycles. The van der Waals surface area contributed by atoms with Crippen LogP contribution in [0.2, 0.25) is 0 Å². The van der Waals surface area contributed by atoms with Crippen molar-refractivity contribution in [1.82, 2.24) is 9.97 Å². The third-order valence-corrected chi connectivity index (χ3v) is 6.52. The monoisotopic (exact) mass is 454 g/mol. The van der Waals surface area contributed by atoms with Gasteiger partial charge < -0.3 is 9.73 Å². The Morgan fingerprint density at radius 2 is 1.84 bits per heavy atom. The molecule has 0 bridgehead atoms. The molecule has 8 nitrogen and oxygen atoms in total. The van der Waals surface area contributed by atoms with E-state index in [2.05, 4.69) is 20.0 Å². The van der Waals surface area contributed by atoms with E-state index in [1.54, 1.807) is 42.6 Å². The Bertz CT molecular complexity index is 1300. The molecule has 0 saturated heterocycles. The van der Waals surface area contributed by atoms with E-state index in [9.17, 15) is 13.2 Å². The van der Waals surface area contributed by atoms with Gasteiger partial charge in [-0.2, -0.15) is 4.98 Å². The van der Waals surface area contributed by atoms with Crippen molar-refractivity contribution in [2.45, 2.75) is 17.0 Å². The van der Waals surface area contributed by atoms with Crippen LogP contribution in [-0.4, -0.2) is 30.0 Å². The van der Waals surface area contributed by atoms with Crippen molar-refractivity contribution >= 4 is 50.3 Å². The first-order chi connectivity index (χ1) is 14.9. The summed E-state index contributed by atoms with van der Waals surface area (Å²) in [4.78, 5) is 20.6. The predicted octanol–water partition coefficient (Wildman–Crippen LogP) is 4.06. The van der Waals surface area contributed by atoms with Crippen molar-refractivity contribution in [3.8, 4) is 0 Å². The number of hydrogen-bond donors (Lipinski definition) is 2. The highest BCUT2D eigenvalue weighted by Gasteiger charge is 2.15. The number of amides is 1. The zero-order valence-corrected chi connectivity index (χ0v) is 18.0. The summed E-state index contributed by atoms with van der Waals surface area (Å²) in [5.74, 6) is -0.185. The highest BCUT2D eigenvalue weighted by molar-refractivity contribution is 7.99. The third kappa shape index (κ3) is 5.04. The first-order valence-electron chi connectivity index (χ1n) is 9.23. The van der Waals surface area contributed by atoms with Gasteiger partial charge in [-0.3, -0.25) is 9.52 Å². The maximum atomic E-state index is 12.6. The number of nitrogens with zero attached hydrogens (tertiary/aromatic N) is 2. The average Bonchev–Trinajstić information content (AvgIpc) is 3.17. The molecule has 158 valence electrons. The molecule has 0 fully saturated rings. The number of carbonyl (C=O) groups excluding carboxylic acids is 1. The lowest BCUT2D eigenvalue weighted by molar-refractivity contribution is -0.113. The summed E-state index contributed by atoms with van der Waals surface area (Å²) in [6.45, 7) is 1.83. The maximum Gasteiger partial charge on any atom is 0.261 e. The molecule has 0 aliphatic heterocycles. The van der Waals surface area contributed by atoms with Crippen molar-refractivity contribution in [1.29, 1.82) is 0 Å². The van der Waals surface area contributed by atoms with E-state index in [0.29, 0.717) is 27.8 Å². The first kappa shape index (κ1) is 20.9.